The van der Waals surface area contributed by atoms with E-state index in [1.54, 1.807) is 6.26 Å². The zero-order valence-corrected chi connectivity index (χ0v) is 8.76. The lowest BCUT2D eigenvalue weighted by Gasteiger charge is -2.06. The third-order valence-electron chi connectivity index (χ3n) is 2.03. The number of nitrogens with one attached hydrogen (secondary N) is 1. The summed E-state index contributed by atoms with van der Waals surface area (Å²) >= 11 is 0. The van der Waals surface area contributed by atoms with Gasteiger partial charge in [0, 0.05) is 12.1 Å². The first kappa shape index (κ1) is 10.6. The average Bonchev–Trinajstić information content (AvgIpc) is 2.47. The molecule has 0 fully saturated rings. The minimum Gasteiger partial charge on any atom is -0.448 e. The van der Waals surface area contributed by atoms with Crippen molar-refractivity contribution >= 4 is 11.8 Å². The number of nitrogen functional groups attached to an aromatic ring is 1. The smallest absolute Gasteiger partial charge is 0.257 e. The number of hydrogen-bond donors (Lipinski definition) is 2. The Morgan fingerprint density at radius 1 is 1.64 bits per heavy atom. The third-order valence-corrected chi connectivity index (χ3v) is 2.03. The van der Waals surface area contributed by atoms with Gasteiger partial charge in [-0.2, -0.15) is 0 Å². The molecule has 14 heavy (non-hydrogen) atoms. The molecule has 0 spiro atoms. The summed E-state index contributed by atoms with van der Waals surface area (Å²) in [5, 5.41) is 2.71. The van der Waals surface area contributed by atoms with E-state index in [-0.39, 0.29) is 17.7 Å². The molecule has 0 atom stereocenters. The molecule has 3 N–H and O–H groups in total. The summed E-state index contributed by atoms with van der Waals surface area (Å²) in [6.07, 6.45) is 1.55. The van der Waals surface area contributed by atoms with Gasteiger partial charge in [0.15, 0.2) is 0 Å². The molecule has 0 bridgehead atoms. The molecule has 1 amide bonds. The van der Waals surface area contributed by atoms with Crippen LogP contribution in [0.15, 0.2) is 10.7 Å². The second-order valence-electron chi connectivity index (χ2n) is 3.44. The molecule has 4 heteroatoms. The van der Waals surface area contributed by atoms with E-state index in [0.717, 1.165) is 5.56 Å². The highest BCUT2D eigenvalue weighted by atomic mass is 16.3. The van der Waals surface area contributed by atoms with E-state index in [0.29, 0.717) is 12.1 Å². The Kier molecular flexibility index (Phi) is 3.17. The van der Waals surface area contributed by atoms with E-state index in [9.17, 15) is 4.79 Å². The molecule has 4 nitrogen and oxygen atoms in total. The van der Waals surface area contributed by atoms with Crippen LogP contribution in [0.25, 0.3) is 0 Å². The first-order valence-electron chi connectivity index (χ1n) is 4.73. The Labute approximate surface area is 83.5 Å². The number of rotatable bonds is 3. The van der Waals surface area contributed by atoms with Gasteiger partial charge >= 0.3 is 0 Å². The molecule has 78 valence electrons. The zero-order chi connectivity index (χ0) is 10.7. The maximum absolute atomic E-state index is 11.6. The molecule has 0 aliphatic heterocycles. The summed E-state index contributed by atoms with van der Waals surface area (Å²) in [5.41, 5.74) is 6.91. The molecule has 1 aromatic rings. The van der Waals surface area contributed by atoms with Crippen molar-refractivity contribution in [2.45, 2.75) is 26.7 Å². The fourth-order valence-corrected chi connectivity index (χ4v) is 1.30. The predicted molar refractivity (Wildman–Crippen MR) is 55.2 cm³/mol. The van der Waals surface area contributed by atoms with Gasteiger partial charge in [-0.05, 0) is 12.8 Å². The second-order valence-corrected chi connectivity index (χ2v) is 3.44. The van der Waals surface area contributed by atoms with Crippen molar-refractivity contribution in [1.29, 1.82) is 0 Å². The topological polar surface area (TPSA) is 68.3 Å². The van der Waals surface area contributed by atoms with Crippen LogP contribution in [-0.4, -0.2) is 12.5 Å². The van der Waals surface area contributed by atoms with Crippen molar-refractivity contribution in [2.24, 2.45) is 0 Å². The van der Waals surface area contributed by atoms with Gasteiger partial charge in [-0.3, -0.25) is 4.79 Å². The number of carbonyl (C=O) groups is 1. The molecular weight excluding hydrogens is 180 g/mol. The number of nitrogens with two attached hydrogens (primary N) is 1. The van der Waals surface area contributed by atoms with Crippen molar-refractivity contribution in [3.05, 3.63) is 17.4 Å². The minimum absolute atomic E-state index is 0.164. The van der Waals surface area contributed by atoms with Crippen LogP contribution >= 0.6 is 0 Å². The van der Waals surface area contributed by atoms with Gasteiger partial charge in [0.2, 0.25) is 5.88 Å². The summed E-state index contributed by atoms with van der Waals surface area (Å²) in [5.74, 6) is 0.260. The maximum Gasteiger partial charge on any atom is 0.257 e. The predicted octanol–water partition coefficient (Wildman–Crippen LogP) is 1.73. The van der Waals surface area contributed by atoms with Crippen molar-refractivity contribution in [2.75, 3.05) is 12.3 Å². The first-order valence-corrected chi connectivity index (χ1v) is 4.73. The number of amides is 1. The van der Waals surface area contributed by atoms with Crippen LogP contribution < -0.4 is 11.1 Å². The average molecular weight is 196 g/mol. The van der Waals surface area contributed by atoms with Crippen LogP contribution in [0.3, 0.4) is 0 Å². The van der Waals surface area contributed by atoms with Crippen LogP contribution in [0.4, 0.5) is 5.88 Å². The lowest BCUT2D eigenvalue weighted by Crippen LogP contribution is -2.24. The van der Waals surface area contributed by atoms with Gasteiger partial charge in [0.05, 0.1) is 6.26 Å². The van der Waals surface area contributed by atoms with E-state index in [1.165, 1.54) is 0 Å². The highest BCUT2D eigenvalue weighted by Crippen LogP contribution is 2.26. The number of carbonyl (C=O) groups excluding carboxylic acids is 1. The van der Waals surface area contributed by atoms with Crippen molar-refractivity contribution < 1.29 is 9.21 Å². The Bertz CT molecular complexity index is 329. The summed E-state index contributed by atoms with van der Waals surface area (Å²) in [7, 11) is 0. The van der Waals surface area contributed by atoms with Gasteiger partial charge in [0.1, 0.15) is 5.56 Å². The van der Waals surface area contributed by atoms with Crippen molar-refractivity contribution in [3.8, 4) is 0 Å². The molecule has 0 radical (unpaired) electrons. The van der Waals surface area contributed by atoms with E-state index in [1.807, 2.05) is 20.8 Å². The monoisotopic (exact) mass is 196 g/mol. The zero-order valence-electron chi connectivity index (χ0n) is 8.76. The van der Waals surface area contributed by atoms with Crippen molar-refractivity contribution in [3.63, 3.8) is 0 Å². The summed E-state index contributed by atoms with van der Waals surface area (Å²) < 4.78 is 5.04. The Balaban J connectivity index is 3.04. The molecule has 1 heterocycles. The lowest BCUT2D eigenvalue weighted by molar-refractivity contribution is 0.0955. The van der Waals surface area contributed by atoms with Gasteiger partial charge < -0.3 is 15.5 Å². The summed E-state index contributed by atoms with van der Waals surface area (Å²) in [6, 6.07) is 0. The van der Waals surface area contributed by atoms with E-state index in [2.05, 4.69) is 5.32 Å². The van der Waals surface area contributed by atoms with Gasteiger partial charge in [-0.25, -0.2) is 0 Å². The SMILES string of the molecule is CCNC(=O)c1c(C(C)C)coc1N. The second kappa shape index (κ2) is 4.17. The summed E-state index contributed by atoms with van der Waals surface area (Å²) in [6.45, 7) is 6.43. The summed E-state index contributed by atoms with van der Waals surface area (Å²) in [4.78, 5) is 11.6. The normalized spacial score (nSPS) is 10.6. The molecule has 0 aliphatic carbocycles. The molecule has 0 aromatic carbocycles. The molecule has 0 unspecified atom stereocenters. The quantitative estimate of drug-likeness (QED) is 0.773. The van der Waals surface area contributed by atoms with E-state index < -0.39 is 0 Å². The standard InChI is InChI=1S/C10H16N2O2/c1-4-12-10(13)8-7(6(2)3)5-14-9(8)11/h5-6H,4,11H2,1-3H3,(H,12,13). The number of hydrogen-bond acceptors (Lipinski definition) is 3. The molecule has 0 saturated carbocycles. The van der Waals surface area contributed by atoms with Gasteiger partial charge in [-0.15, -0.1) is 0 Å². The molecule has 1 aromatic heterocycles. The van der Waals surface area contributed by atoms with Crippen LogP contribution in [0.2, 0.25) is 0 Å². The molecule has 0 saturated heterocycles. The Morgan fingerprint density at radius 3 is 2.79 bits per heavy atom. The van der Waals surface area contributed by atoms with E-state index in [4.69, 9.17) is 10.2 Å². The van der Waals surface area contributed by atoms with Crippen LogP contribution in [-0.2, 0) is 0 Å². The van der Waals surface area contributed by atoms with Crippen LogP contribution in [0.1, 0.15) is 42.6 Å². The highest BCUT2D eigenvalue weighted by Gasteiger charge is 2.20. The Morgan fingerprint density at radius 2 is 2.29 bits per heavy atom. The number of anilines is 1. The fraction of sp³-hybridized carbons (Fsp3) is 0.500. The third kappa shape index (κ3) is 1.89. The van der Waals surface area contributed by atoms with Crippen LogP contribution in [0.5, 0.6) is 0 Å². The highest BCUT2D eigenvalue weighted by molar-refractivity contribution is 5.99. The Hall–Kier alpha value is -1.45. The van der Waals surface area contributed by atoms with Gasteiger partial charge in [-0.1, -0.05) is 13.8 Å². The van der Waals surface area contributed by atoms with Crippen LogP contribution in [0, 0.1) is 0 Å². The molecule has 1 rings (SSSR count). The molecular formula is C10H16N2O2. The minimum atomic E-state index is -0.164. The van der Waals surface area contributed by atoms with Crippen molar-refractivity contribution in [1.82, 2.24) is 5.32 Å². The van der Waals surface area contributed by atoms with Gasteiger partial charge in [0.25, 0.3) is 5.91 Å². The fourth-order valence-electron chi connectivity index (χ4n) is 1.30. The molecule has 0 aliphatic rings. The lowest BCUT2D eigenvalue weighted by atomic mass is 10.0. The first-order chi connectivity index (χ1) is 6.57. The number of furan rings is 1. The largest absolute Gasteiger partial charge is 0.448 e. The van der Waals surface area contributed by atoms with E-state index >= 15 is 0 Å². The maximum atomic E-state index is 11.6.